The number of aromatic nitrogens is 2. The van der Waals surface area contributed by atoms with Gasteiger partial charge in [-0.2, -0.15) is 0 Å². The molecule has 1 aromatic heterocycles. The molecule has 148 valence electrons. The third-order valence-corrected chi connectivity index (χ3v) is 5.74. The van der Waals surface area contributed by atoms with E-state index in [4.69, 9.17) is 4.74 Å². The molecular weight excluding hydrogens is 359 g/mol. The maximum Gasteiger partial charge on any atom is 0.274 e. The Balaban J connectivity index is 1.51. The average Bonchev–Trinajstić information content (AvgIpc) is 3.28. The van der Waals surface area contributed by atoms with Crippen LogP contribution in [0.5, 0.6) is 0 Å². The zero-order valence-corrected chi connectivity index (χ0v) is 15.9. The van der Waals surface area contributed by atoms with E-state index < -0.39 is 0 Å². The number of nitrogens with one attached hydrogen (secondary N) is 1. The van der Waals surface area contributed by atoms with E-state index >= 15 is 0 Å². The highest BCUT2D eigenvalue weighted by Gasteiger charge is 2.35. The monoisotopic (exact) mass is 384 g/mol. The van der Waals surface area contributed by atoms with E-state index in [-0.39, 0.29) is 17.1 Å². The van der Waals surface area contributed by atoms with Gasteiger partial charge in [-0.1, -0.05) is 12.1 Å². The summed E-state index contributed by atoms with van der Waals surface area (Å²) in [5.41, 5.74) is 1.08. The fourth-order valence-electron chi connectivity index (χ4n) is 4.04. The largest absolute Gasteiger partial charge is 0.381 e. The van der Waals surface area contributed by atoms with Crippen LogP contribution in [0.1, 0.15) is 41.7 Å². The van der Waals surface area contributed by atoms with Gasteiger partial charge in [0.25, 0.3) is 5.91 Å². The van der Waals surface area contributed by atoms with E-state index in [2.05, 4.69) is 15.3 Å². The summed E-state index contributed by atoms with van der Waals surface area (Å²) in [6, 6.07) is 6.78. The molecule has 0 atom stereocenters. The van der Waals surface area contributed by atoms with E-state index in [1.165, 1.54) is 12.3 Å². The van der Waals surface area contributed by atoms with Crippen LogP contribution in [0.3, 0.4) is 0 Å². The first-order chi connectivity index (χ1) is 13.7. The van der Waals surface area contributed by atoms with Gasteiger partial charge in [-0.25, -0.2) is 9.37 Å². The minimum absolute atomic E-state index is 0.0699. The van der Waals surface area contributed by atoms with Gasteiger partial charge in [-0.3, -0.25) is 9.78 Å². The number of carbonyl (C=O) groups excluding carboxylic acids is 1. The van der Waals surface area contributed by atoms with Gasteiger partial charge in [-0.05, 0) is 43.4 Å². The highest BCUT2D eigenvalue weighted by atomic mass is 19.1. The lowest BCUT2D eigenvalue weighted by Crippen LogP contribution is -2.40. The Labute approximate surface area is 164 Å². The van der Waals surface area contributed by atoms with Gasteiger partial charge in [-0.15, -0.1) is 0 Å². The predicted octanol–water partition coefficient (Wildman–Crippen LogP) is 3.01. The van der Waals surface area contributed by atoms with Gasteiger partial charge in [0.05, 0.1) is 12.4 Å². The Morgan fingerprint density at radius 3 is 2.75 bits per heavy atom. The summed E-state index contributed by atoms with van der Waals surface area (Å²) in [6.45, 7) is 3.41. The van der Waals surface area contributed by atoms with Crippen molar-refractivity contribution in [3.05, 3.63) is 53.7 Å². The number of amides is 1. The third-order valence-electron chi connectivity index (χ3n) is 5.74. The highest BCUT2D eigenvalue weighted by Crippen LogP contribution is 2.35. The molecule has 0 bridgehead atoms. The summed E-state index contributed by atoms with van der Waals surface area (Å²) >= 11 is 0. The van der Waals surface area contributed by atoms with Gasteiger partial charge in [0.1, 0.15) is 17.3 Å². The van der Waals surface area contributed by atoms with Crippen molar-refractivity contribution in [3.63, 3.8) is 0 Å². The molecule has 1 aromatic carbocycles. The van der Waals surface area contributed by atoms with Crippen LogP contribution >= 0.6 is 0 Å². The molecule has 2 saturated heterocycles. The lowest BCUT2D eigenvalue weighted by atomic mass is 9.74. The van der Waals surface area contributed by atoms with Crippen LogP contribution in [-0.4, -0.2) is 53.6 Å². The Hall–Kier alpha value is -2.54. The van der Waals surface area contributed by atoms with Crippen LogP contribution in [0.15, 0.2) is 36.7 Å². The molecule has 3 heterocycles. The van der Waals surface area contributed by atoms with Crippen molar-refractivity contribution in [3.8, 4) is 0 Å². The number of hydrogen-bond acceptors (Lipinski definition) is 5. The molecule has 28 heavy (non-hydrogen) atoms. The number of nitrogens with zero attached hydrogens (tertiary/aromatic N) is 3. The van der Waals surface area contributed by atoms with Crippen LogP contribution in [0.2, 0.25) is 0 Å². The standard InChI is InChI=1S/C21H25FN4O2/c22-17-5-3-4-16(12-17)21(6-10-28-11-7-21)15-24-19-14-23-13-18(25-19)20(27)26-8-1-2-9-26/h3-5,12-14H,1-2,6-11,15H2,(H,24,25). The molecule has 0 spiro atoms. The van der Waals surface area contributed by atoms with E-state index in [1.807, 2.05) is 11.0 Å². The van der Waals surface area contributed by atoms with Crippen molar-refractivity contribution in [1.82, 2.24) is 14.9 Å². The fourth-order valence-corrected chi connectivity index (χ4v) is 4.04. The van der Waals surface area contributed by atoms with Crippen LogP contribution in [0.25, 0.3) is 0 Å². The van der Waals surface area contributed by atoms with Gasteiger partial charge in [0, 0.05) is 38.3 Å². The number of benzene rings is 1. The minimum atomic E-state index is -0.239. The molecular formula is C21H25FN4O2. The number of halogens is 1. The summed E-state index contributed by atoms with van der Waals surface area (Å²) in [5.74, 6) is 0.258. The number of likely N-dealkylation sites (tertiary alicyclic amines) is 1. The number of hydrogen-bond donors (Lipinski definition) is 1. The first kappa shape index (κ1) is 18.8. The average molecular weight is 384 g/mol. The van der Waals surface area contributed by atoms with E-state index in [0.29, 0.717) is 31.3 Å². The number of carbonyl (C=O) groups is 1. The Morgan fingerprint density at radius 2 is 2.00 bits per heavy atom. The van der Waals surface area contributed by atoms with Gasteiger partial charge in [0.2, 0.25) is 0 Å². The van der Waals surface area contributed by atoms with Crippen LogP contribution in [0.4, 0.5) is 10.2 Å². The van der Waals surface area contributed by atoms with E-state index in [9.17, 15) is 9.18 Å². The molecule has 0 unspecified atom stereocenters. The van der Waals surface area contributed by atoms with Crippen molar-refractivity contribution in [1.29, 1.82) is 0 Å². The maximum absolute atomic E-state index is 13.8. The van der Waals surface area contributed by atoms with Crippen LogP contribution in [-0.2, 0) is 10.2 Å². The molecule has 0 aliphatic carbocycles. The quantitative estimate of drug-likeness (QED) is 0.858. The SMILES string of the molecule is O=C(c1cncc(NCC2(c3cccc(F)c3)CCOCC2)n1)N1CCCC1. The molecule has 1 amide bonds. The van der Waals surface area contributed by atoms with Crippen molar-refractivity contribution in [2.75, 3.05) is 38.2 Å². The van der Waals surface area contributed by atoms with Gasteiger partial charge < -0.3 is 15.0 Å². The molecule has 2 aromatic rings. The Morgan fingerprint density at radius 1 is 1.21 bits per heavy atom. The molecule has 2 aliphatic rings. The second kappa shape index (κ2) is 8.22. The molecule has 2 aliphatic heterocycles. The van der Waals surface area contributed by atoms with E-state index in [1.54, 1.807) is 18.3 Å². The molecule has 4 rings (SSSR count). The van der Waals surface area contributed by atoms with Crippen molar-refractivity contribution >= 4 is 11.7 Å². The summed E-state index contributed by atoms with van der Waals surface area (Å²) < 4.78 is 19.4. The molecule has 1 N–H and O–H groups in total. The Kier molecular flexibility index (Phi) is 5.52. The summed E-state index contributed by atoms with van der Waals surface area (Å²) in [5, 5.41) is 3.34. The second-order valence-corrected chi connectivity index (χ2v) is 7.55. The summed E-state index contributed by atoms with van der Waals surface area (Å²) in [7, 11) is 0. The highest BCUT2D eigenvalue weighted by molar-refractivity contribution is 5.92. The number of rotatable bonds is 5. The zero-order valence-electron chi connectivity index (χ0n) is 15.9. The summed E-state index contributed by atoms with van der Waals surface area (Å²) in [6.07, 6.45) is 6.80. The minimum Gasteiger partial charge on any atom is -0.381 e. The number of anilines is 1. The second-order valence-electron chi connectivity index (χ2n) is 7.55. The smallest absolute Gasteiger partial charge is 0.274 e. The number of ether oxygens (including phenoxy) is 1. The normalized spacial score (nSPS) is 18.8. The Bertz CT molecular complexity index is 833. The zero-order chi connectivity index (χ0) is 19.4. The molecule has 6 nitrogen and oxygen atoms in total. The van der Waals surface area contributed by atoms with Crippen molar-refractivity contribution < 1.29 is 13.9 Å². The van der Waals surface area contributed by atoms with Gasteiger partial charge >= 0.3 is 0 Å². The predicted molar refractivity (Wildman–Crippen MR) is 104 cm³/mol. The van der Waals surface area contributed by atoms with E-state index in [0.717, 1.165) is 44.3 Å². The molecule has 0 radical (unpaired) electrons. The maximum atomic E-state index is 13.8. The van der Waals surface area contributed by atoms with Crippen molar-refractivity contribution in [2.24, 2.45) is 0 Å². The van der Waals surface area contributed by atoms with Gasteiger partial charge in [0.15, 0.2) is 0 Å². The van der Waals surface area contributed by atoms with Crippen LogP contribution < -0.4 is 5.32 Å². The lowest BCUT2D eigenvalue weighted by Gasteiger charge is -2.38. The third kappa shape index (κ3) is 3.99. The molecule has 7 heteroatoms. The first-order valence-electron chi connectivity index (χ1n) is 9.85. The molecule has 2 fully saturated rings. The molecule has 0 saturated carbocycles. The van der Waals surface area contributed by atoms with Crippen molar-refractivity contribution in [2.45, 2.75) is 31.1 Å². The summed E-state index contributed by atoms with van der Waals surface area (Å²) in [4.78, 5) is 23.1. The fraction of sp³-hybridized carbons (Fsp3) is 0.476. The first-order valence-corrected chi connectivity index (χ1v) is 9.85. The topological polar surface area (TPSA) is 67.3 Å². The van der Waals surface area contributed by atoms with Crippen LogP contribution in [0, 0.1) is 5.82 Å². The lowest BCUT2D eigenvalue weighted by molar-refractivity contribution is 0.0542.